The van der Waals surface area contributed by atoms with Gasteiger partial charge in [0.2, 0.25) is 5.91 Å². The van der Waals surface area contributed by atoms with E-state index in [2.05, 4.69) is 22.1 Å². The summed E-state index contributed by atoms with van der Waals surface area (Å²) in [5.41, 5.74) is 1.22. The van der Waals surface area contributed by atoms with Crippen molar-refractivity contribution in [3.63, 3.8) is 0 Å². The molecule has 0 saturated heterocycles. The van der Waals surface area contributed by atoms with Gasteiger partial charge in [0.1, 0.15) is 5.75 Å². The minimum Gasteiger partial charge on any atom is -0.496 e. The van der Waals surface area contributed by atoms with Crippen LogP contribution in [0.5, 0.6) is 5.75 Å². The van der Waals surface area contributed by atoms with Gasteiger partial charge in [-0.2, -0.15) is 0 Å². The Morgan fingerprint density at radius 2 is 1.90 bits per heavy atom. The van der Waals surface area contributed by atoms with Gasteiger partial charge in [-0.25, -0.2) is 0 Å². The first-order valence-electron chi connectivity index (χ1n) is 8.68. The molecule has 156 valence electrons. The topological polar surface area (TPSA) is 69.0 Å². The number of nitrogens with zero attached hydrogens (tertiary/aromatic N) is 3. The number of benzene rings is 2. The predicted molar refractivity (Wildman–Crippen MR) is 123 cm³/mol. The van der Waals surface area contributed by atoms with E-state index in [1.165, 1.54) is 11.8 Å². The lowest BCUT2D eigenvalue weighted by molar-refractivity contribution is -0.113. The zero-order valence-corrected chi connectivity index (χ0v) is 18.9. The van der Waals surface area contributed by atoms with Crippen molar-refractivity contribution < 1.29 is 9.53 Å². The largest absolute Gasteiger partial charge is 0.496 e. The zero-order valence-electron chi connectivity index (χ0n) is 15.9. The molecule has 0 fully saturated rings. The van der Waals surface area contributed by atoms with E-state index in [0.717, 1.165) is 0 Å². The third kappa shape index (κ3) is 5.49. The average Bonchev–Trinajstić information content (AvgIpc) is 3.08. The molecular formula is C20H17Cl3N4O2S. The molecule has 0 atom stereocenters. The van der Waals surface area contributed by atoms with Crippen molar-refractivity contribution in [2.75, 3.05) is 18.2 Å². The Morgan fingerprint density at radius 3 is 2.57 bits per heavy atom. The monoisotopic (exact) mass is 482 g/mol. The fourth-order valence-electron chi connectivity index (χ4n) is 2.70. The van der Waals surface area contributed by atoms with E-state index in [9.17, 15) is 4.79 Å². The van der Waals surface area contributed by atoms with Crippen molar-refractivity contribution in [1.29, 1.82) is 0 Å². The van der Waals surface area contributed by atoms with Crippen molar-refractivity contribution in [2.45, 2.75) is 11.7 Å². The molecule has 10 heteroatoms. The van der Waals surface area contributed by atoms with Crippen LogP contribution in [0.2, 0.25) is 15.1 Å². The number of anilines is 1. The molecule has 0 aliphatic rings. The number of carbonyl (C=O) groups is 1. The molecule has 1 amide bonds. The predicted octanol–water partition coefficient (Wildman–Crippen LogP) is 5.83. The summed E-state index contributed by atoms with van der Waals surface area (Å²) in [6, 6.07) is 10.1. The Bertz CT molecular complexity index is 1070. The second kappa shape index (κ2) is 10.2. The molecule has 1 aromatic heterocycles. The van der Waals surface area contributed by atoms with E-state index in [1.54, 1.807) is 49.6 Å². The van der Waals surface area contributed by atoms with Crippen molar-refractivity contribution in [3.05, 3.63) is 64.1 Å². The Balaban J connectivity index is 1.79. The van der Waals surface area contributed by atoms with Gasteiger partial charge < -0.3 is 10.1 Å². The summed E-state index contributed by atoms with van der Waals surface area (Å²) in [6.07, 6.45) is 1.72. The molecule has 0 aliphatic heterocycles. The summed E-state index contributed by atoms with van der Waals surface area (Å²) in [6.45, 7) is 4.24. The molecule has 0 spiro atoms. The zero-order chi connectivity index (χ0) is 21.7. The molecule has 0 radical (unpaired) electrons. The summed E-state index contributed by atoms with van der Waals surface area (Å²) >= 11 is 19.3. The number of rotatable bonds is 8. The molecule has 30 heavy (non-hydrogen) atoms. The fourth-order valence-corrected chi connectivity index (χ4v) is 4.14. The third-order valence-corrected chi connectivity index (χ3v) is 5.55. The van der Waals surface area contributed by atoms with Gasteiger partial charge in [0.25, 0.3) is 0 Å². The highest BCUT2D eigenvalue weighted by atomic mass is 35.5. The smallest absolute Gasteiger partial charge is 0.234 e. The van der Waals surface area contributed by atoms with E-state index in [4.69, 9.17) is 39.5 Å². The molecule has 2 aromatic carbocycles. The standard InChI is InChI=1S/C20H17Cl3N4O2S/c1-3-6-27-19(16-10-12(21)4-5-17(16)29-2)25-26-20(27)30-11-18(28)24-15-8-13(22)7-14(23)9-15/h3-5,7-10H,1,6,11H2,2H3,(H,24,28). The van der Waals surface area contributed by atoms with Gasteiger partial charge in [-0.05, 0) is 36.4 Å². The van der Waals surface area contributed by atoms with Crippen molar-refractivity contribution in [3.8, 4) is 17.1 Å². The average molecular weight is 484 g/mol. The second-order valence-corrected chi connectivity index (χ2v) is 8.30. The van der Waals surface area contributed by atoms with E-state index in [1.807, 2.05) is 4.57 Å². The van der Waals surface area contributed by atoms with Crippen LogP contribution in [0.25, 0.3) is 11.4 Å². The first kappa shape index (κ1) is 22.5. The highest BCUT2D eigenvalue weighted by Crippen LogP contribution is 2.33. The Hall–Kier alpha value is -2.19. The molecule has 1 heterocycles. The van der Waals surface area contributed by atoms with Crippen LogP contribution in [0.4, 0.5) is 5.69 Å². The molecule has 0 unspecified atom stereocenters. The number of hydrogen-bond donors (Lipinski definition) is 1. The SMILES string of the molecule is C=CCn1c(SCC(=O)Nc2cc(Cl)cc(Cl)c2)nnc1-c1cc(Cl)ccc1OC. The van der Waals surface area contributed by atoms with Crippen LogP contribution in [-0.2, 0) is 11.3 Å². The maximum Gasteiger partial charge on any atom is 0.234 e. The molecule has 0 bridgehead atoms. The van der Waals surface area contributed by atoms with Crippen LogP contribution >= 0.6 is 46.6 Å². The highest BCUT2D eigenvalue weighted by Gasteiger charge is 2.18. The van der Waals surface area contributed by atoms with Crippen LogP contribution in [0.1, 0.15) is 0 Å². The van der Waals surface area contributed by atoms with Crippen LogP contribution in [-0.4, -0.2) is 33.5 Å². The lowest BCUT2D eigenvalue weighted by atomic mass is 10.2. The van der Waals surface area contributed by atoms with Gasteiger partial charge in [0, 0.05) is 27.3 Å². The molecule has 6 nitrogen and oxygen atoms in total. The lowest BCUT2D eigenvalue weighted by Gasteiger charge is -2.11. The molecule has 0 saturated carbocycles. The van der Waals surface area contributed by atoms with E-state index in [-0.39, 0.29) is 11.7 Å². The number of halogens is 3. The normalized spacial score (nSPS) is 10.7. The first-order chi connectivity index (χ1) is 14.4. The van der Waals surface area contributed by atoms with Gasteiger partial charge in [0.05, 0.1) is 18.4 Å². The Morgan fingerprint density at radius 1 is 1.17 bits per heavy atom. The highest BCUT2D eigenvalue weighted by molar-refractivity contribution is 7.99. The van der Waals surface area contributed by atoms with Crippen molar-refractivity contribution in [1.82, 2.24) is 14.8 Å². The molecule has 1 N–H and O–H groups in total. The second-order valence-electron chi connectivity index (χ2n) is 6.05. The summed E-state index contributed by atoms with van der Waals surface area (Å²) in [5, 5.41) is 13.3. The summed E-state index contributed by atoms with van der Waals surface area (Å²) in [5.74, 6) is 1.07. The number of thioether (sulfide) groups is 1. The van der Waals surface area contributed by atoms with Crippen molar-refractivity contribution >= 4 is 58.2 Å². The van der Waals surface area contributed by atoms with Gasteiger partial charge >= 0.3 is 0 Å². The van der Waals surface area contributed by atoms with Gasteiger partial charge in [-0.15, -0.1) is 16.8 Å². The Kier molecular flexibility index (Phi) is 7.66. The number of amides is 1. The molecule has 3 rings (SSSR count). The van der Waals surface area contributed by atoms with Gasteiger partial charge in [-0.1, -0.05) is 52.6 Å². The van der Waals surface area contributed by atoms with Crippen LogP contribution in [0, 0.1) is 0 Å². The van der Waals surface area contributed by atoms with Crippen LogP contribution in [0.3, 0.4) is 0 Å². The molecule has 3 aromatic rings. The number of carbonyl (C=O) groups excluding carboxylic acids is 1. The number of allylic oxidation sites excluding steroid dienone is 1. The van der Waals surface area contributed by atoms with E-state index in [0.29, 0.717) is 49.6 Å². The summed E-state index contributed by atoms with van der Waals surface area (Å²) < 4.78 is 7.27. The van der Waals surface area contributed by atoms with Crippen molar-refractivity contribution in [2.24, 2.45) is 0 Å². The van der Waals surface area contributed by atoms with E-state index < -0.39 is 0 Å². The van der Waals surface area contributed by atoms with Gasteiger partial charge in [-0.3, -0.25) is 9.36 Å². The fraction of sp³-hybridized carbons (Fsp3) is 0.150. The quantitative estimate of drug-likeness (QED) is 0.322. The third-order valence-electron chi connectivity index (χ3n) is 3.91. The summed E-state index contributed by atoms with van der Waals surface area (Å²) in [4.78, 5) is 12.4. The Labute approximate surface area is 193 Å². The van der Waals surface area contributed by atoms with Gasteiger partial charge in [0.15, 0.2) is 11.0 Å². The maximum absolute atomic E-state index is 12.4. The number of nitrogens with one attached hydrogen (secondary N) is 1. The number of methoxy groups -OCH3 is 1. The molecular weight excluding hydrogens is 467 g/mol. The van der Waals surface area contributed by atoms with Crippen LogP contribution in [0.15, 0.2) is 54.2 Å². The lowest BCUT2D eigenvalue weighted by Crippen LogP contribution is -2.14. The minimum atomic E-state index is -0.228. The summed E-state index contributed by atoms with van der Waals surface area (Å²) in [7, 11) is 1.57. The minimum absolute atomic E-state index is 0.117. The first-order valence-corrected chi connectivity index (χ1v) is 10.8. The molecule has 0 aliphatic carbocycles. The maximum atomic E-state index is 12.4. The number of hydrogen-bond acceptors (Lipinski definition) is 5. The van der Waals surface area contributed by atoms with Crippen LogP contribution < -0.4 is 10.1 Å². The van der Waals surface area contributed by atoms with E-state index >= 15 is 0 Å². The number of aromatic nitrogens is 3. The number of ether oxygens (including phenoxy) is 1.